The van der Waals surface area contributed by atoms with Crippen molar-refractivity contribution in [2.24, 2.45) is 0 Å². The Labute approximate surface area is 63.3 Å². The molecule has 1 aliphatic rings. The minimum atomic E-state index is 0. The van der Waals surface area contributed by atoms with Crippen molar-refractivity contribution in [3.05, 3.63) is 48.6 Å². The molecule has 0 aromatic heterocycles. The molecule has 0 atom stereocenters. The minimum Gasteiger partial charge on any atom is -0.0988 e. The normalized spacial score (nSPS) is 15.0. The molecule has 0 heterocycles. The maximum Gasteiger partial charge on any atom is -0.00945 e. The van der Waals surface area contributed by atoms with Crippen LogP contribution in [0.25, 0.3) is 0 Å². The van der Waals surface area contributed by atoms with Gasteiger partial charge in [-0.15, -0.1) is 0 Å². The van der Waals surface area contributed by atoms with E-state index in [1.165, 1.54) is 5.57 Å². The molecular weight excluding hydrogens is 120 g/mol. The van der Waals surface area contributed by atoms with Gasteiger partial charge >= 0.3 is 0 Å². The van der Waals surface area contributed by atoms with Gasteiger partial charge in [-0.25, -0.2) is 0 Å². The van der Waals surface area contributed by atoms with Crippen LogP contribution in [-0.4, -0.2) is 0 Å². The van der Waals surface area contributed by atoms with Crippen LogP contribution in [0, 0.1) is 0 Å². The van der Waals surface area contributed by atoms with Crippen LogP contribution >= 0.6 is 0 Å². The third-order valence-corrected chi connectivity index (χ3v) is 1.28. The molecule has 0 aromatic carbocycles. The third-order valence-electron chi connectivity index (χ3n) is 1.28. The van der Waals surface area contributed by atoms with E-state index < -0.39 is 0 Å². The first-order valence-electron chi connectivity index (χ1n) is 3.08. The van der Waals surface area contributed by atoms with Crippen LogP contribution in [0.1, 0.15) is 13.8 Å². The average Bonchev–Trinajstić information content (AvgIpc) is 2.13. The number of allylic oxidation sites excluding steroid dienone is 7. The monoisotopic (exact) mass is 134 g/mol. The van der Waals surface area contributed by atoms with E-state index >= 15 is 0 Å². The largest absolute Gasteiger partial charge is 0.0988 e. The van der Waals surface area contributed by atoms with Crippen molar-refractivity contribution in [2.75, 3.05) is 0 Å². The molecule has 0 spiro atoms. The topological polar surface area (TPSA) is 0 Å². The Balaban J connectivity index is 0.000000810. The van der Waals surface area contributed by atoms with Gasteiger partial charge in [0.15, 0.2) is 0 Å². The highest BCUT2D eigenvalue weighted by Gasteiger charge is 1.86. The molecule has 0 bridgehead atoms. The lowest BCUT2D eigenvalue weighted by atomic mass is 10.2. The highest BCUT2D eigenvalue weighted by molar-refractivity contribution is 5.29. The zero-order valence-corrected chi connectivity index (χ0v) is 5.38. The van der Waals surface area contributed by atoms with E-state index in [1.807, 2.05) is 24.3 Å². The molecule has 0 heteroatoms. The molecule has 0 saturated heterocycles. The second-order valence-corrected chi connectivity index (χ2v) is 1.96. The summed E-state index contributed by atoms with van der Waals surface area (Å²) >= 11 is 0. The van der Waals surface area contributed by atoms with E-state index in [4.69, 9.17) is 0 Å². The van der Waals surface area contributed by atoms with Crippen molar-refractivity contribution in [3.8, 4) is 0 Å². The Morgan fingerprint density at radius 1 is 1.30 bits per heavy atom. The van der Waals surface area contributed by atoms with Crippen molar-refractivity contribution in [3.63, 3.8) is 0 Å². The number of hydrogen-bond acceptors (Lipinski definition) is 0. The molecule has 0 saturated carbocycles. The standard InChI is InChI=1S/C9H10.CH4/c1-2-9-7-5-3-4-6-8-9;/h2-7H,1,8H2;1H4. The summed E-state index contributed by atoms with van der Waals surface area (Å²) in [6.45, 7) is 3.69. The fraction of sp³-hybridized carbons (Fsp3) is 0.200. The molecule has 0 N–H and O–H groups in total. The van der Waals surface area contributed by atoms with Crippen LogP contribution in [0.2, 0.25) is 0 Å². The first-order chi connectivity index (χ1) is 4.43. The molecule has 10 heavy (non-hydrogen) atoms. The van der Waals surface area contributed by atoms with E-state index in [1.54, 1.807) is 0 Å². The summed E-state index contributed by atoms with van der Waals surface area (Å²) < 4.78 is 0. The van der Waals surface area contributed by atoms with Crippen molar-refractivity contribution >= 4 is 0 Å². The predicted molar refractivity (Wildman–Crippen MR) is 47.9 cm³/mol. The molecule has 0 aromatic rings. The summed E-state index contributed by atoms with van der Waals surface area (Å²) in [5, 5.41) is 0. The van der Waals surface area contributed by atoms with Gasteiger partial charge in [-0.05, 0) is 12.0 Å². The lowest BCUT2D eigenvalue weighted by Crippen LogP contribution is -1.69. The van der Waals surface area contributed by atoms with Crippen molar-refractivity contribution in [1.82, 2.24) is 0 Å². The SMILES string of the molecule is C.C=CC1=CC=CC=CC1. The lowest BCUT2D eigenvalue weighted by Gasteiger charge is -1.89. The molecular formula is C10H14. The Hall–Kier alpha value is -1.04. The Bertz CT molecular complexity index is 180. The zero-order chi connectivity index (χ0) is 6.53. The van der Waals surface area contributed by atoms with E-state index in [0.29, 0.717) is 0 Å². The molecule has 0 nitrogen and oxygen atoms in total. The predicted octanol–water partition coefficient (Wildman–Crippen LogP) is 3.25. The Morgan fingerprint density at radius 2 is 2.10 bits per heavy atom. The van der Waals surface area contributed by atoms with Gasteiger partial charge in [-0.3, -0.25) is 0 Å². The zero-order valence-electron chi connectivity index (χ0n) is 5.38. The Morgan fingerprint density at radius 3 is 2.80 bits per heavy atom. The van der Waals surface area contributed by atoms with E-state index in [2.05, 4.69) is 18.7 Å². The molecule has 0 unspecified atom stereocenters. The van der Waals surface area contributed by atoms with Gasteiger partial charge < -0.3 is 0 Å². The van der Waals surface area contributed by atoms with Gasteiger partial charge in [-0.1, -0.05) is 50.5 Å². The van der Waals surface area contributed by atoms with Gasteiger partial charge in [-0.2, -0.15) is 0 Å². The van der Waals surface area contributed by atoms with Gasteiger partial charge in [0, 0.05) is 0 Å². The van der Waals surface area contributed by atoms with Crippen molar-refractivity contribution < 1.29 is 0 Å². The van der Waals surface area contributed by atoms with Crippen LogP contribution < -0.4 is 0 Å². The fourth-order valence-electron chi connectivity index (χ4n) is 0.745. The van der Waals surface area contributed by atoms with Crippen molar-refractivity contribution in [2.45, 2.75) is 13.8 Å². The van der Waals surface area contributed by atoms with Gasteiger partial charge in [0.25, 0.3) is 0 Å². The number of rotatable bonds is 1. The highest BCUT2D eigenvalue weighted by atomic mass is 13.9. The average molecular weight is 134 g/mol. The second kappa shape index (κ2) is 4.80. The van der Waals surface area contributed by atoms with Gasteiger partial charge in [0.1, 0.15) is 0 Å². The maximum atomic E-state index is 3.69. The van der Waals surface area contributed by atoms with Crippen molar-refractivity contribution in [1.29, 1.82) is 0 Å². The van der Waals surface area contributed by atoms with Crippen LogP contribution in [0.4, 0.5) is 0 Å². The molecule has 54 valence electrons. The minimum absolute atomic E-state index is 0. The summed E-state index contributed by atoms with van der Waals surface area (Å²) in [5.41, 5.74) is 1.28. The summed E-state index contributed by atoms with van der Waals surface area (Å²) in [5.74, 6) is 0. The molecule has 0 radical (unpaired) electrons. The summed E-state index contributed by atoms with van der Waals surface area (Å²) in [7, 11) is 0. The quantitative estimate of drug-likeness (QED) is 0.516. The van der Waals surface area contributed by atoms with Crippen LogP contribution in [0.3, 0.4) is 0 Å². The smallest absolute Gasteiger partial charge is 0.00945 e. The molecule has 1 rings (SSSR count). The van der Waals surface area contributed by atoms with E-state index in [0.717, 1.165) is 6.42 Å². The third kappa shape index (κ3) is 2.49. The van der Waals surface area contributed by atoms with Crippen LogP contribution in [0.15, 0.2) is 48.6 Å². The van der Waals surface area contributed by atoms with Gasteiger partial charge in [0.05, 0.1) is 0 Å². The molecule has 1 aliphatic carbocycles. The van der Waals surface area contributed by atoms with Crippen LogP contribution in [-0.2, 0) is 0 Å². The van der Waals surface area contributed by atoms with E-state index in [-0.39, 0.29) is 7.43 Å². The maximum absolute atomic E-state index is 3.69. The molecule has 0 fully saturated rings. The second-order valence-electron chi connectivity index (χ2n) is 1.96. The first kappa shape index (κ1) is 8.96. The lowest BCUT2D eigenvalue weighted by molar-refractivity contribution is 1.30. The molecule has 0 amide bonds. The van der Waals surface area contributed by atoms with Gasteiger partial charge in [0.2, 0.25) is 0 Å². The Kier molecular flexibility index (Phi) is 4.30. The summed E-state index contributed by atoms with van der Waals surface area (Å²) in [4.78, 5) is 0. The first-order valence-corrected chi connectivity index (χ1v) is 3.08. The number of hydrogen-bond donors (Lipinski definition) is 0. The highest BCUT2D eigenvalue weighted by Crippen LogP contribution is 2.06. The fourth-order valence-corrected chi connectivity index (χ4v) is 0.745. The van der Waals surface area contributed by atoms with E-state index in [9.17, 15) is 0 Å². The summed E-state index contributed by atoms with van der Waals surface area (Å²) in [6.07, 6.45) is 13.2. The van der Waals surface area contributed by atoms with Crippen LogP contribution in [0.5, 0.6) is 0 Å². The molecule has 0 aliphatic heterocycles. The summed E-state index contributed by atoms with van der Waals surface area (Å²) in [6, 6.07) is 0.